The van der Waals surface area contributed by atoms with Crippen LogP contribution in [-0.4, -0.2) is 27.7 Å². The highest BCUT2D eigenvalue weighted by Gasteiger charge is 2.15. The van der Waals surface area contributed by atoms with E-state index in [0.29, 0.717) is 0 Å². The first-order chi connectivity index (χ1) is 9.93. The topological polar surface area (TPSA) is 112 Å². The van der Waals surface area contributed by atoms with Crippen LogP contribution in [0.5, 0.6) is 5.75 Å². The molecule has 1 aromatic carbocycles. The highest BCUT2D eigenvalue weighted by molar-refractivity contribution is 5.87. The third-order valence-corrected chi connectivity index (χ3v) is 2.79. The lowest BCUT2D eigenvalue weighted by atomic mass is 10.2. The fraction of sp³-hybridized carbons (Fsp3) is 0.0769. The van der Waals surface area contributed by atoms with Gasteiger partial charge in [0, 0.05) is 24.4 Å². The molecule has 108 valence electrons. The number of methoxy groups -OCH3 is 1. The van der Waals surface area contributed by atoms with Crippen molar-refractivity contribution in [2.75, 3.05) is 7.11 Å². The van der Waals surface area contributed by atoms with E-state index in [1.54, 1.807) is 0 Å². The predicted molar refractivity (Wildman–Crippen MR) is 72.2 cm³/mol. The summed E-state index contributed by atoms with van der Waals surface area (Å²) in [7, 11) is 1.34. The zero-order valence-corrected chi connectivity index (χ0v) is 10.8. The Bertz CT molecular complexity index is 780. The van der Waals surface area contributed by atoms with Gasteiger partial charge in [0.25, 0.3) is 11.2 Å². The zero-order valence-electron chi connectivity index (χ0n) is 10.8. The van der Waals surface area contributed by atoms with E-state index >= 15 is 0 Å². The molecule has 0 fully saturated rings. The van der Waals surface area contributed by atoms with Crippen LogP contribution in [0.15, 0.2) is 41.3 Å². The number of nitrogens with zero attached hydrogens (tertiary/aromatic N) is 2. The second kappa shape index (κ2) is 5.45. The summed E-state index contributed by atoms with van der Waals surface area (Å²) < 4.78 is 6.06. The average molecular weight is 290 g/mol. The van der Waals surface area contributed by atoms with Gasteiger partial charge in [-0.3, -0.25) is 19.5 Å². The fourth-order valence-electron chi connectivity index (χ4n) is 1.78. The molecule has 2 rings (SSSR count). The fourth-order valence-corrected chi connectivity index (χ4v) is 1.78. The van der Waals surface area contributed by atoms with Crippen molar-refractivity contribution in [1.82, 2.24) is 4.57 Å². The minimum atomic E-state index is -1.21. The van der Waals surface area contributed by atoms with Gasteiger partial charge in [0.2, 0.25) is 0 Å². The molecule has 8 heteroatoms. The van der Waals surface area contributed by atoms with Gasteiger partial charge in [0.15, 0.2) is 0 Å². The maximum absolute atomic E-state index is 11.9. The molecular weight excluding hydrogens is 280 g/mol. The number of nitro groups is 1. The number of aromatic nitrogens is 1. The molecule has 0 aliphatic carbocycles. The van der Waals surface area contributed by atoms with E-state index in [1.807, 2.05) is 0 Å². The number of ether oxygens (including phenoxy) is 1. The Morgan fingerprint density at radius 3 is 2.62 bits per heavy atom. The van der Waals surface area contributed by atoms with E-state index in [-0.39, 0.29) is 22.7 Å². The summed E-state index contributed by atoms with van der Waals surface area (Å²) >= 11 is 0. The monoisotopic (exact) mass is 290 g/mol. The van der Waals surface area contributed by atoms with Gasteiger partial charge in [-0.25, -0.2) is 4.79 Å². The highest BCUT2D eigenvalue weighted by atomic mass is 16.6. The highest BCUT2D eigenvalue weighted by Crippen LogP contribution is 2.26. The summed E-state index contributed by atoms with van der Waals surface area (Å²) in [6, 6.07) is 5.94. The van der Waals surface area contributed by atoms with E-state index in [2.05, 4.69) is 0 Å². The van der Waals surface area contributed by atoms with Crippen molar-refractivity contribution >= 4 is 11.7 Å². The Labute approximate surface area is 118 Å². The summed E-state index contributed by atoms with van der Waals surface area (Å²) in [4.78, 5) is 33.1. The zero-order chi connectivity index (χ0) is 15.6. The first-order valence-corrected chi connectivity index (χ1v) is 5.73. The van der Waals surface area contributed by atoms with Crippen LogP contribution in [0, 0.1) is 10.1 Å². The van der Waals surface area contributed by atoms with Crippen molar-refractivity contribution < 1.29 is 19.6 Å². The molecular formula is C13H10N2O6. The summed E-state index contributed by atoms with van der Waals surface area (Å²) in [6.07, 6.45) is 1.09. The van der Waals surface area contributed by atoms with Gasteiger partial charge in [0.1, 0.15) is 5.75 Å². The van der Waals surface area contributed by atoms with E-state index in [0.717, 1.165) is 29.0 Å². The number of hydrogen-bond acceptors (Lipinski definition) is 5. The van der Waals surface area contributed by atoms with Crippen LogP contribution in [0.2, 0.25) is 0 Å². The number of nitro benzene ring substituents is 1. The molecule has 21 heavy (non-hydrogen) atoms. The lowest BCUT2D eigenvalue weighted by Gasteiger charge is -2.11. The van der Waals surface area contributed by atoms with E-state index in [9.17, 15) is 19.7 Å². The Morgan fingerprint density at radius 1 is 1.33 bits per heavy atom. The van der Waals surface area contributed by atoms with Gasteiger partial charge in [-0.2, -0.15) is 0 Å². The maximum atomic E-state index is 11.9. The van der Waals surface area contributed by atoms with Gasteiger partial charge in [-0.05, 0) is 12.1 Å². The molecule has 0 amide bonds. The standard InChI is InChI=1S/C13H10N2O6/c1-21-11-4-3-9(15(19)20)6-10(11)14-7-8(13(17)18)2-5-12(14)16/h2-7H,1H3,(H,17,18). The van der Waals surface area contributed by atoms with Crippen molar-refractivity contribution in [2.24, 2.45) is 0 Å². The summed E-state index contributed by atoms with van der Waals surface area (Å²) in [6.45, 7) is 0. The van der Waals surface area contributed by atoms with Gasteiger partial charge < -0.3 is 9.84 Å². The number of aromatic carboxylic acids is 1. The minimum absolute atomic E-state index is 0.0970. The maximum Gasteiger partial charge on any atom is 0.337 e. The molecule has 2 aromatic rings. The number of rotatable bonds is 4. The summed E-state index contributed by atoms with van der Waals surface area (Å²) in [5, 5.41) is 19.8. The van der Waals surface area contributed by atoms with Crippen molar-refractivity contribution in [2.45, 2.75) is 0 Å². The van der Waals surface area contributed by atoms with Crippen LogP contribution in [0.25, 0.3) is 5.69 Å². The number of hydrogen-bond donors (Lipinski definition) is 1. The van der Waals surface area contributed by atoms with E-state index < -0.39 is 16.5 Å². The van der Waals surface area contributed by atoms with Crippen molar-refractivity contribution in [3.05, 3.63) is 62.6 Å². The quantitative estimate of drug-likeness (QED) is 0.673. The van der Waals surface area contributed by atoms with Gasteiger partial charge in [-0.1, -0.05) is 0 Å². The first-order valence-electron chi connectivity index (χ1n) is 5.73. The molecule has 0 aliphatic heterocycles. The average Bonchev–Trinajstić information content (AvgIpc) is 2.46. The first kappa shape index (κ1) is 14.3. The molecule has 1 N–H and O–H groups in total. The minimum Gasteiger partial charge on any atom is -0.495 e. The molecule has 0 spiro atoms. The third kappa shape index (κ3) is 2.73. The molecule has 0 unspecified atom stereocenters. The van der Waals surface area contributed by atoms with Crippen molar-refractivity contribution in [3.8, 4) is 11.4 Å². The lowest BCUT2D eigenvalue weighted by molar-refractivity contribution is -0.384. The molecule has 1 aromatic heterocycles. The molecule has 0 saturated carbocycles. The molecule has 0 bridgehead atoms. The number of carboxylic acids is 1. The Kier molecular flexibility index (Phi) is 3.70. The molecule has 1 heterocycles. The second-order valence-electron chi connectivity index (χ2n) is 4.04. The number of benzene rings is 1. The molecule has 0 saturated heterocycles. The van der Waals surface area contributed by atoms with Crippen LogP contribution in [0.4, 0.5) is 5.69 Å². The summed E-state index contributed by atoms with van der Waals surface area (Å²) in [5.74, 6) is -1.00. The Morgan fingerprint density at radius 2 is 2.05 bits per heavy atom. The normalized spacial score (nSPS) is 10.1. The number of carbonyl (C=O) groups is 1. The SMILES string of the molecule is COc1ccc([N+](=O)[O-])cc1-n1cc(C(=O)O)ccc1=O. The van der Waals surface area contributed by atoms with Gasteiger partial charge in [0.05, 0.1) is 23.3 Å². The molecule has 8 nitrogen and oxygen atoms in total. The van der Waals surface area contributed by atoms with Gasteiger partial charge in [-0.15, -0.1) is 0 Å². The van der Waals surface area contributed by atoms with E-state index in [1.165, 1.54) is 19.2 Å². The Hall–Kier alpha value is -3.16. The van der Waals surface area contributed by atoms with Crippen LogP contribution >= 0.6 is 0 Å². The van der Waals surface area contributed by atoms with Crippen LogP contribution in [0.3, 0.4) is 0 Å². The molecule has 0 aliphatic rings. The molecule has 0 atom stereocenters. The second-order valence-corrected chi connectivity index (χ2v) is 4.04. The number of carboxylic acid groups (broad SMARTS) is 1. The predicted octanol–water partition coefficient (Wildman–Crippen LogP) is 1.45. The van der Waals surface area contributed by atoms with Crippen molar-refractivity contribution in [3.63, 3.8) is 0 Å². The summed E-state index contributed by atoms with van der Waals surface area (Å²) in [5.41, 5.74) is -0.791. The van der Waals surface area contributed by atoms with Crippen LogP contribution in [-0.2, 0) is 0 Å². The van der Waals surface area contributed by atoms with Crippen LogP contribution in [0.1, 0.15) is 10.4 Å². The van der Waals surface area contributed by atoms with E-state index in [4.69, 9.17) is 9.84 Å². The Balaban J connectivity index is 2.73. The lowest BCUT2D eigenvalue weighted by Crippen LogP contribution is -2.19. The smallest absolute Gasteiger partial charge is 0.337 e. The van der Waals surface area contributed by atoms with Crippen molar-refractivity contribution in [1.29, 1.82) is 0 Å². The van der Waals surface area contributed by atoms with Crippen LogP contribution < -0.4 is 10.3 Å². The molecule has 0 radical (unpaired) electrons. The third-order valence-electron chi connectivity index (χ3n) is 2.79. The number of pyridine rings is 1. The number of non-ortho nitro benzene ring substituents is 1. The van der Waals surface area contributed by atoms with Gasteiger partial charge >= 0.3 is 5.97 Å². The largest absolute Gasteiger partial charge is 0.495 e.